The summed E-state index contributed by atoms with van der Waals surface area (Å²) in [7, 11) is 0. The minimum Gasteiger partial charge on any atom is -0.462 e. The van der Waals surface area contributed by atoms with Crippen LogP contribution in [0.1, 0.15) is 30.9 Å². The lowest BCUT2D eigenvalue weighted by molar-refractivity contribution is -0.138. The van der Waals surface area contributed by atoms with Gasteiger partial charge in [-0.2, -0.15) is 0 Å². The van der Waals surface area contributed by atoms with E-state index in [1.807, 2.05) is 31.2 Å². The molecule has 9 heteroatoms. The lowest BCUT2D eigenvalue weighted by Crippen LogP contribution is -2.34. The van der Waals surface area contributed by atoms with Crippen LogP contribution in [-0.2, 0) is 30.5 Å². The average molecular weight is 514 g/mol. The van der Waals surface area contributed by atoms with Gasteiger partial charge in [-0.3, -0.25) is 19.3 Å². The van der Waals surface area contributed by atoms with E-state index in [-0.39, 0.29) is 24.3 Å². The van der Waals surface area contributed by atoms with Crippen LogP contribution >= 0.6 is 0 Å². The quantitative estimate of drug-likeness (QED) is 0.279. The minimum absolute atomic E-state index is 0.0484. The maximum absolute atomic E-state index is 13.4. The summed E-state index contributed by atoms with van der Waals surface area (Å²) in [5.74, 6) is -1.98. The molecular formula is C29H27N3O6. The standard InChI is InChI=1S/C29H27N3O6/c1-4-37-29(36)25-19(3)32(21-12-10-18(2)11-13-21)28(35)24(25)16-22-14-15-23(38-22)17-30-26(33)27(34)31-20-8-6-5-7-9-20/h5-16H,4,17H2,1-3H3,(H,30,33)(H,31,34)/b24-16+. The number of anilines is 2. The van der Waals surface area contributed by atoms with Gasteiger partial charge in [-0.15, -0.1) is 0 Å². The number of rotatable bonds is 7. The van der Waals surface area contributed by atoms with E-state index in [2.05, 4.69) is 10.6 Å². The molecule has 0 bridgehead atoms. The smallest absolute Gasteiger partial charge is 0.340 e. The first-order chi connectivity index (χ1) is 18.3. The molecule has 0 saturated carbocycles. The Labute approximate surface area is 219 Å². The highest BCUT2D eigenvalue weighted by atomic mass is 16.5. The van der Waals surface area contributed by atoms with Crippen LogP contribution in [0.15, 0.2) is 88.0 Å². The van der Waals surface area contributed by atoms with E-state index in [0.29, 0.717) is 28.6 Å². The Morgan fingerprint density at radius 3 is 2.34 bits per heavy atom. The Kier molecular flexibility index (Phi) is 7.86. The number of hydrogen-bond donors (Lipinski definition) is 2. The maximum Gasteiger partial charge on any atom is 0.340 e. The Balaban J connectivity index is 1.51. The molecule has 38 heavy (non-hydrogen) atoms. The van der Waals surface area contributed by atoms with Gasteiger partial charge < -0.3 is 19.8 Å². The van der Waals surface area contributed by atoms with Crippen molar-refractivity contribution in [2.24, 2.45) is 0 Å². The number of nitrogens with one attached hydrogen (secondary N) is 2. The van der Waals surface area contributed by atoms with E-state index in [4.69, 9.17) is 9.15 Å². The van der Waals surface area contributed by atoms with Crippen LogP contribution in [0.25, 0.3) is 6.08 Å². The lowest BCUT2D eigenvalue weighted by atomic mass is 10.1. The van der Waals surface area contributed by atoms with Gasteiger partial charge in [0.2, 0.25) is 0 Å². The van der Waals surface area contributed by atoms with Crippen molar-refractivity contribution >= 4 is 41.1 Å². The number of esters is 1. The lowest BCUT2D eigenvalue weighted by Gasteiger charge is -2.18. The molecule has 9 nitrogen and oxygen atoms in total. The van der Waals surface area contributed by atoms with Crippen LogP contribution in [0.2, 0.25) is 0 Å². The molecule has 1 aromatic heterocycles. The number of ether oxygens (including phenoxy) is 1. The van der Waals surface area contributed by atoms with E-state index in [1.165, 1.54) is 11.0 Å². The first-order valence-corrected chi connectivity index (χ1v) is 12.0. The average Bonchev–Trinajstić information content (AvgIpc) is 3.45. The molecule has 3 amide bonds. The number of carbonyl (C=O) groups is 4. The summed E-state index contributed by atoms with van der Waals surface area (Å²) >= 11 is 0. The molecule has 4 rings (SSSR count). The first-order valence-electron chi connectivity index (χ1n) is 12.0. The fourth-order valence-electron chi connectivity index (χ4n) is 3.95. The molecule has 2 N–H and O–H groups in total. The zero-order valence-corrected chi connectivity index (χ0v) is 21.2. The van der Waals surface area contributed by atoms with Crippen LogP contribution in [0, 0.1) is 6.92 Å². The fourth-order valence-corrected chi connectivity index (χ4v) is 3.95. The number of hydrogen-bond acceptors (Lipinski definition) is 6. The predicted octanol–water partition coefficient (Wildman–Crippen LogP) is 4.11. The summed E-state index contributed by atoms with van der Waals surface area (Å²) in [5.41, 5.74) is 2.90. The summed E-state index contributed by atoms with van der Waals surface area (Å²) in [6.07, 6.45) is 1.47. The molecule has 1 aliphatic heterocycles. The highest BCUT2D eigenvalue weighted by Gasteiger charge is 2.38. The third-order valence-electron chi connectivity index (χ3n) is 5.80. The van der Waals surface area contributed by atoms with Gasteiger partial charge in [-0.1, -0.05) is 35.9 Å². The van der Waals surface area contributed by atoms with E-state index >= 15 is 0 Å². The van der Waals surface area contributed by atoms with E-state index < -0.39 is 23.7 Å². The number of furan rings is 1. The number of allylic oxidation sites excluding steroid dienone is 1. The molecule has 0 fully saturated rings. The van der Waals surface area contributed by atoms with Crippen LogP contribution in [0.4, 0.5) is 11.4 Å². The summed E-state index contributed by atoms with van der Waals surface area (Å²) in [5, 5.41) is 5.00. The van der Waals surface area contributed by atoms with Gasteiger partial charge in [0.15, 0.2) is 0 Å². The monoisotopic (exact) mass is 513 g/mol. The summed E-state index contributed by atoms with van der Waals surface area (Å²) < 4.78 is 11.0. The molecule has 3 aromatic rings. The van der Waals surface area contributed by atoms with Crippen molar-refractivity contribution in [1.82, 2.24) is 5.32 Å². The van der Waals surface area contributed by atoms with Crippen molar-refractivity contribution < 1.29 is 28.3 Å². The highest BCUT2D eigenvalue weighted by molar-refractivity contribution is 6.39. The second-order valence-electron chi connectivity index (χ2n) is 8.52. The Hall–Kier alpha value is -4.92. The molecule has 1 aliphatic rings. The molecular weight excluding hydrogens is 486 g/mol. The number of amides is 3. The molecule has 2 aromatic carbocycles. The maximum atomic E-state index is 13.4. The number of carbonyl (C=O) groups excluding carboxylic acids is 4. The molecule has 0 aliphatic carbocycles. The molecule has 0 saturated heterocycles. The van der Waals surface area contributed by atoms with Gasteiger partial charge >= 0.3 is 17.8 Å². The fraction of sp³-hybridized carbons (Fsp3) is 0.172. The van der Waals surface area contributed by atoms with Gasteiger partial charge in [-0.05, 0) is 63.2 Å². The Morgan fingerprint density at radius 1 is 0.947 bits per heavy atom. The molecule has 2 heterocycles. The number of nitrogens with zero attached hydrogens (tertiary/aromatic N) is 1. The summed E-state index contributed by atoms with van der Waals surface area (Å²) in [6.45, 7) is 5.44. The van der Waals surface area contributed by atoms with Gasteiger partial charge in [0.05, 0.1) is 24.3 Å². The van der Waals surface area contributed by atoms with Crippen molar-refractivity contribution in [1.29, 1.82) is 0 Å². The number of aryl methyl sites for hydroxylation is 1. The van der Waals surface area contributed by atoms with Gasteiger partial charge in [0, 0.05) is 17.1 Å². The second kappa shape index (κ2) is 11.4. The van der Waals surface area contributed by atoms with Crippen molar-refractivity contribution in [3.05, 3.63) is 101 Å². The topological polar surface area (TPSA) is 118 Å². The molecule has 0 atom stereocenters. The van der Waals surface area contributed by atoms with Gasteiger partial charge in [0.25, 0.3) is 5.91 Å². The molecule has 0 spiro atoms. The van der Waals surface area contributed by atoms with Crippen molar-refractivity contribution in [2.75, 3.05) is 16.8 Å². The van der Waals surface area contributed by atoms with Gasteiger partial charge in [-0.25, -0.2) is 4.79 Å². The summed E-state index contributed by atoms with van der Waals surface area (Å²) in [6, 6.07) is 19.2. The highest BCUT2D eigenvalue weighted by Crippen LogP contribution is 2.35. The zero-order valence-electron chi connectivity index (χ0n) is 21.2. The molecule has 0 unspecified atom stereocenters. The Bertz CT molecular complexity index is 1430. The molecule has 194 valence electrons. The van der Waals surface area contributed by atoms with Crippen molar-refractivity contribution in [2.45, 2.75) is 27.3 Å². The minimum atomic E-state index is -0.826. The van der Waals surface area contributed by atoms with Crippen LogP contribution in [0.3, 0.4) is 0 Å². The number of para-hydroxylation sites is 1. The van der Waals surface area contributed by atoms with Crippen LogP contribution in [0.5, 0.6) is 0 Å². The van der Waals surface area contributed by atoms with E-state index in [9.17, 15) is 19.2 Å². The third-order valence-corrected chi connectivity index (χ3v) is 5.80. The SMILES string of the molecule is CCOC(=O)C1=C(C)N(c2ccc(C)cc2)C(=O)/C1=C/c1ccc(CNC(=O)C(=O)Nc2ccccc2)o1. The van der Waals surface area contributed by atoms with Gasteiger partial charge in [0.1, 0.15) is 11.5 Å². The largest absolute Gasteiger partial charge is 0.462 e. The zero-order chi connectivity index (χ0) is 27.2. The van der Waals surface area contributed by atoms with Crippen LogP contribution < -0.4 is 15.5 Å². The van der Waals surface area contributed by atoms with Crippen molar-refractivity contribution in [3.8, 4) is 0 Å². The first kappa shape index (κ1) is 26.2. The van der Waals surface area contributed by atoms with Crippen molar-refractivity contribution in [3.63, 3.8) is 0 Å². The molecule has 0 radical (unpaired) electrons. The van der Waals surface area contributed by atoms with Crippen LogP contribution in [-0.4, -0.2) is 30.3 Å². The predicted molar refractivity (Wildman–Crippen MR) is 142 cm³/mol. The van der Waals surface area contributed by atoms with E-state index in [1.54, 1.807) is 56.3 Å². The second-order valence-corrected chi connectivity index (χ2v) is 8.52. The number of benzene rings is 2. The normalized spacial score (nSPS) is 14.1. The van der Waals surface area contributed by atoms with E-state index in [0.717, 1.165) is 5.56 Å². The summed E-state index contributed by atoms with van der Waals surface area (Å²) in [4.78, 5) is 52.0. The third kappa shape index (κ3) is 5.73. The Morgan fingerprint density at radius 2 is 1.66 bits per heavy atom.